The maximum Gasteiger partial charge on any atom is 0.262 e. The summed E-state index contributed by atoms with van der Waals surface area (Å²) in [6, 6.07) is 11.5. The van der Waals surface area contributed by atoms with Crippen LogP contribution in [0.1, 0.15) is 5.56 Å². The molecular weight excluding hydrogens is 305 g/mol. The van der Waals surface area contributed by atoms with Gasteiger partial charge in [0.05, 0.1) is 20.6 Å². The van der Waals surface area contributed by atoms with Crippen molar-refractivity contribution in [3.8, 4) is 0 Å². The first kappa shape index (κ1) is 14.2. The second kappa shape index (κ2) is 5.41. The number of hydrogen-bond acceptors (Lipinski definition) is 2. The highest BCUT2D eigenvalue weighted by molar-refractivity contribution is 7.92. The lowest BCUT2D eigenvalue weighted by Crippen LogP contribution is -2.14. The highest BCUT2D eigenvalue weighted by Crippen LogP contribution is 2.31. The van der Waals surface area contributed by atoms with Crippen LogP contribution in [0.15, 0.2) is 47.4 Å². The van der Waals surface area contributed by atoms with Crippen molar-refractivity contribution in [2.45, 2.75) is 11.8 Å². The lowest BCUT2D eigenvalue weighted by Gasteiger charge is -2.11. The van der Waals surface area contributed by atoms with E-state index in [9.17, 15) is 8.42 Å². The summed E-state index contributed by atoms with van der Waals surface area (Å²) in [5.41, 5.74) is 0.922. The maximum absolute atomic E-state index is 12.3. The van der Waals surface area contributed by atoms with Crippen LogP contribution in [0.3, 0.4) is 0 Å². The van der Waals surface area contributed by atoms with Crippen LogP contribution in [0.2, 0.25) is 10.0 Å². The van der Waals surface area contributed by atoms with Gasteiger partial charge in [0, 0.05) is 0 Å². The summed E-state index contributed by atoms with van der Waals surface area (Å²) in [5.74, 6) is 0. The molecule has 0 heterocycles. The fourth-order valence-electron chi connectivity index (χ4n) is 1.64. The SMILES string of the molecule is Cc1ccccc1S(=O)(=O)Nc1cccc(Cl)c1Cl. The number of sulfonamides is 1. The third-order valence-corrected chi connectivity index (χ3v) is 4.92. The third-order valence-electron chi connectivity index (χ3n) is 2.58. The van der Waals surface area contributed by atoms with Crippen LogP contribution in [0.5, 0.6) is 0 Å². The molecule has 6 heteroatoms. The van der Waals surface area contributed by atoms with Crippen molar-refractivity contribution < 1.29 is 8.42 Å². The van der Waals surface area contributed by atoms with Crippen molar-refractivity contribution in [3.63, 3.8) is 0 Å². The maximum atomic E-state index is 12.3. The zero-order chi connectivity index (χ0) is 14.0. The molecule has 0 radical (unpaired) electrons. The smallest absolute Gasteiger partial charge is 0.262 e. The number of rotatable bonds is 3. The molecule has 0 aromatic heterocycles. The molecular formula is C13H11Cl2NO2S. The molecule has 0 fully saturated rings. The molecule has 0 aliphatic carbocycles. The Balaban J connectivity index is 2.43. The first-order chi connectivity index (χ1) is 8.92. The van der Waals surface area contributed by atoms with Crippen molar-refractivity contribution in [1.29, 1.82) is 0 Å². The number of benzene rings is 2. The molecule has 2 aromatic rings. The van der Waals surface area contributed by atoms with E-state index in [0.717, 1.165) is 0 Å². The molecule has 0 saturated carbocycles. The van der Waals surface area contributed by atoms with Crippen LogP contribution in [-0.4, -0.2) is 8.42 Å². The van der Waals surface area contributed by atoms with Gasteiger partial charge in [0.25, 0.3) is 10.0 Å². The summed E-state index contributed by atoms with van der Waals surface area (Å²) in [6.07, 6.45) is 0. The number of hydrogen-bond donors (Lipinski definition) is 1. The quantitative estimate of drug-likeness (QED) is 0.926. The van der Waals surface area contributed by atoms with Gasteiger partial charge in [-0.25, -0.2) is 8.42 Å². The topological polar surface area (TPSA) is 46.2 Å². The van der Waals surface area contributed by atoms with Gasteiger partial charge >= 0.3 is 0 Å². The zero-order valence-corrected chi connectivity index (χ0v) is 12.4. The zero-order valence-electron chi connectivity index (χ0n) is 10.0. The van der Waals surface area contributed by atoms with Crippen molar-refractivity contribution >= 4 is 38.9 Å². The van der Waals surface area contributed by atoms with Crippen LogP contribution in [0.4, 0.5) is 5.69 Å². The number of nitrogens with one attached hydrogen (secondary N) is 1. The molecule has 0 aliphatic rings. The van der Waals surface area contributed by atoms with Gasteiger partial charge in [-0.05, 0) is 30.7 Å². The second-order valence-corrected chi connectivity index (χ2v) is 6.41. The van der Waals surface area contributed by atoms with E-state index in [1.54, 1.807) is 43.3 Å². The second-order valence-electron chi connectivity index (χ2n) is 3.97. The average Bonchev–Trinajstić information content (AvgIpc) is 2.35. The predicted molar refractivity (Wildman–Crippen MR) is 78.4 cm³/mol. The first-order valence-corrected chi connectivity index (χ1v) is 7.68. The van der Waals surface area contributed by atoms with Crippen LogP contribution >= 0.6 is 23.2 Å². The van der Waals surface area contributed by atoms with Crippen molar-refractivity contribution in [2.75, 3.05) is 4.72 Å². The minimum atomic E-state index is -3.68. The Hall–Kier alpha value is -1.23. The van der Waals surface area contributed by atoms with Gasteiger partial charge in [-0.15, -0.1) is 0 Å². The molecule has 2 aromatic carbocycles. The Kier molecular flexibility index (Phi) is 4.04. The summed E-state index contributed by atoms with van der Waals surface area (Å²) in [5, 5.41) is 0.480. The molecule has 0 aliphatic heterocycles. The number of anilines is 1. The van der Waals surface area contributed by atoms with E-state index >= 15 is 0 Å². The minimum absolute atomic E-state index is 0.182. The number of halogens is 2. The Morgan fingerprint density at radius 3 is 2.37 bits per heavy atom. The van der Waals surface area contributed by atoms with Crippen molar-refractivity contribution in [1.82, 2.24) is 0 Å². The van der Waals surface area contributed by atoms with Gasteiger partial charge in [-0.2, -0.15) is 0 Å². The van der Waals surface area contributed by atoms with Gasteiger partial charge in [0.2, 0.25) is 0 Å². The average molecular weight is 316 g/mol. The standard InChI is InChI=1S/C13H11Cl2NO2S/c1-9-5-2-3-8-12(9)19(17,18)16-11-7-4-6-10(14)13(11)15/h2-8,16H,1H3. The normalized spacial score (nSPS) is 11.3. The van der Waals surface area contributed by atoms with Gasteiger partial charge in [0.1, 0.15) is 0 Å². The van der Waals surface area contributed by atoms with Crippen molar-refractivity contribution in [2.24, 2.45) is 0 Å². The lowest BCUT2D eigenvalue weighted by atomic mass is 10.2. The van der Waals surface area contributed by atoms with E-state index in [0.29, 0.717) is 10.6 Å². The van der Waals surface area contributed by atoms with Crippen LogP contribution < -0.4 is 4.72 Å². The summed E-state index contributed by atoms with van der Waals surface area (Å²) in [4.78, 5) is 0.214. The first-order valence-electron chi connectivity index (χ1n) is 5.44. The lowest BCUT2D eigenvalue weighted by molar-refractivity contribution is 0.600. The Bertz CT molecular complexity index is 714. The van der Waals surface area contributed by atoms with Crippen LogP contribution in [0, 0.1) is 6.92 Å². The molecule has 19 heavy (non-hydrogen) atoms. The third kappa shape index (κ3) is 3.03. The Labute approximate surface area is 122 Å². The molecule has 2 rings (SSSR count). The van der Waals surface area contributed by atoms with Gasteiger partial charge in [0.15, 0.2) is 0 Å². The molecule has 0 unspecified atom stereocenters. The van der Waals surface area contributed by atoms with E-state index < -0.39 is 10.0 Å². The number of aryl methyl sites for hydroxylation is 1. The van der Waals surface area contributed by atoms with Gasteiger partial charge in [-0.1, -0.05) is 47.5 Å². The molecule has 0 saturated heterocycles. The van der Waals surface area contributed by atoms with Gasteiger partial charge in [-0.3, -0.25) is 4.72 Å². The highest BCUT2D eigenvalue weighted by Gasteiger charge is 2.18. The largest absolute Gasteiger partial charge is 0.278 e. The molecule has 1 N–H and O–H groups in total. The molecule has 0 bridgehead atoms. The minimum Gasteiger partial charge on any atom is -0.278 e. The molecule has 0 spiro atoms. The van der Waals surface area contributed by atoms with E-state index in [2.05, 4.69) is 4.72 Å². The molecule has 100 valence electrons. The molecule has 0 amide bonds. The van der Waals surface area contributed by atoms with E-state index in [4.69, 9.17) is 23.2 Å². The Morgan fingerprint density at radius 2 is 1.68 bits per heavy atom. The monoisotopic (exact) mass is 315 g/mol. The summed E-state index contributed by atoms with van der Waals surface area (Å²) >= 11 is 11.8. The van der Waals surface area contributed by atoms with Crippen molar-refractivity contribution in [3.05, 3.63) is 58.1 Å². The summed E-state index contributed by atoms with van der Waals surface area (Å²) < 4.78 is 27.0. The summed E-state index contributed by atoms with van der Waals surface area (Å²) in [7, 11) is -3.68. The fraction of sp³-hybridized carbons (Fsp3) is 0.0769. The van der Waals surface area contributed by atoms with E-state index in [1.807, 2.05) is 0 Å². The highest BCUT2D eigenvalue weighted by atomic mass is 35.5. The Morgan fingerprint density at radius 1 is 1.00 bits per heavy atom. The van der Waals surface area contributed by atoms with Gasteiger partial charge < -0.3 is 0 Å². The molecule has 3 nitrogen and oxygen atoms in total. The van der Waals surface area contributed by atoms with Crippen LogP contribution in [0.25, 0.3) is 0 Å². The van der Waals surface area contributed by atoms with Crippen LogP contribution in [-0.2, 0) is 10.0 Å². The molecule has 0 atom stereocenters. The van der Waals surface area contributed by atoms with E-state index in [1.165, 1.54) is 6.07 Å². The predicted octanol–water partition coefficient (Wildman–Crippen LogP) is 4.10. The summed E-state index contributed by atoms with van der Waals surface area (Å²) in [6.45, 7) is 1.73. The van der Waals surface area contributed by atoms with E-state index in [-0.39, 0.29) is 15.6 Å². The fourth-order valence-corrected chi connectivity index (χ4v) is 3.36.